The van der Waals surface area contributed by atoms with Gasteiger partial charge in [0.15, 0.2) is 0 Å². The molecule has 0 saturated heterocycles. The van der Waals surface area contributed by atoms with E-state index in [-0.39, 0.29) is 11.8 Å². The van der Waals surface area contributed by atoms with E-state index in [4.69, 9.17) is 4.74 Å². The number of benzene rings is 2. The third-order valence-electron chi connectivity index (χ3n) is 5.60. The third-order valence-corrected chi connectivity index (χ3v) is 6.77. The first-order chi connectivity index (χ1) is 15.0. The minimum atomic E-state index is -0.226. The molecule has 0 aliphatic heterocycles. The lowest BCUT2D eigenvalue weighted by Crippen LogP contribution is -2.19. The van der Waals surface area contributed by atoms with Gasteiger partial charge in [0, 0.05) is 10.4 Å². The van der Waals surface area contributed by atoms with Gasteiger partial charge in [-0.05, 0) is 61.9 Å². The molecule has 1 aliphatic carbocycles. The van der Waals surface area contributed by atoms with Gasteiger partial charge >= 0.3 is 0 Å². The number of para-hydroxylation sites is 2. The van der Waals surface area contributed by atoms with Gasteiger partial charge in [-0.25, -0.2) is 0 Å². The van der Waals surface area contributed by atoms with Crippen LogP contribution in [0.25, 0.3) is 0 Å². The quantitative estimate of drug-likeness (QED) is 0.542. The zero-order chi connectivity index (χ0) is 22.0. The zero-order valence-corrected chi connectivity index (χ0v) is 18.8. The van der Waals surface area contributed by atoms with Gasteiger partial charge in [0.25, 0.3) is 11.8 Å². The van der Waals surface area contributed by atoms with E-state index in [1.54, 1.807) is 19.2 Å². The molecule has 3 aromatic rings. The number of hydrogen-bond acceptors (Lipinski definition) is 4. The number of amides is 2. The number of rotatable bonds is 5. The maximum atomic E-state index is 13.4. The van der Waals surface area contributed by atoms with Crippen molar-refractivity contribution in [3.8, 4) is 5.75 Å². The summed E-state index contributed by atoms with van der Waals surface area (Å²) in [5.74, 6) is 0.730. The van der Waals surface area contributed by atoms with Crippen LogP contribution in [-0.2, 0) is 12.8 Å². The molecule has 0 saturated carbocycles. The van der Waals surface area contributed by atoms with Gasteiger partial charge in [-0.1, -0.05) is 36.8 Å². The molecule has 31 heavy (non-hydrogen) atoms. The molecule has 1 atom stereocenters. The Hall–Kier alpha value is -3.12. The number of carbonyl (C=O) groups excluding carboxylic acids is 2. The van der Waals surface area contributed by atoms with Crippen LogP contribution >= 0.6 is 11.3 Å². The average Bonchev–Trinajstić information content (AvgIpc) is 3.10. The molecule has 160 valence electrons. The lowest BCUT2D eigenvalue weighted by atomic mass is 9.88. The van der Waals surface area contributed by atoms with Gasteiger partial charge in [0.2, 0.25) is 0 Å². The Balaban J connectivity index is 1.68. The SMILES string of the molecule is COc1ccccc1NC(=O)c1c(NC(=O)c2cccc(C)c2)sc2c1CCC(C)C2. The Morgan fingerprint density at radius 2 is 1.87 bits per heavy atom. The van der Waals surface area contributed by atoms with Crippen molar-refractivity contribution >= 4 is 33.8 Å². The van der Waals surface area contributed by atoms with Crippen LogP contribution in [-0.4, -0.2) is 18.9 Å². The summed E-state index contributed by atoms with van der Waals surface area (Å²) in [6.07, 6.45) is 2.79. The minimum absolute atomic E-state index is 0.207. The van der Waals surface area contributed by atoms with Crippen LogP contribution in [0.2, 0.25) is 0 Å². The number of aryl methyl sites for hydroxylation is 1. The molecule has 6 heteroatoms. The first kappa shape index (κ1) is 21.1. The van der Waals surface area contributed by atoms with Crippen LogP contribution in [0.15, 0.2) is 48.5 Å². The Morgan fingerprint density at radius 1 is 1.06 bits per heavy atom. The Labute approximate surface area is 186 Å². The molecule has 0 radical (unpaired) electrons. The van der Waals surface area contributed by atoms with Crippen LogP contribution < -0.4 is 15.4 Å². The Morgan fingerprint density at radius 3 is 2.65 bits per heavy atom. The Kier molecular flexibility index (Phi) is 6.09. The number of carbonyl (C=O) groups is 2. The fraction of sp³-hybridized carbons (Fsp3) is 0.280. The van der Waals surface area contributed by atoms with Crippen molar-refractivity contribution in [3.05, 3.63) is 75.7 Å². The summed E-state index contributed by atoms with van der Waals surface area (Å²) in [4.78, 5) is 27.5. The van der Waals surface area contributed by atoms with Crippen LogP contribution in [0.5, 0.6) is 5.75 Å². The normalized spacial score (nSPS) is 15.1. The van der Waals surface area contributed by atoms with Crippen molar-refractivity contribution < 1.29 is 14.3 Å². The molecule has 0 fully saturated rings. The van der Waals surface area contributed by atoms with E-state index in [0.29, 0.717) is 33.5 Å². The van der Waals surface area contributed by atoms with Crippen molar-refractivity contribution in [2.24, 2.45) is 5.92 Å². The highest BCUT2D eigenvalue weighted by Gasteiger charge is 2.29. The van der Waals surface area contributed by atoms with E-state index >= 15 is 0 Å². The largest absolute Gasteiger partial charge is 0.495 e. The molecule has 4 rings (SSSR count). The number of fused-ring (bicyclic) bond motifs is 1. The average molecular weight is 435 g/mol. The lowest BCUT2D eigenvalue weighted by Gasteiger charge is -2.19. The van der Waals surface area contributed by atoms with Gasteiger partial charge in [-0.3, -0.25) is 9.59 Å². The number of methoxy groups -OCH3 is 1. The first-order valence-electron chi connectivity index (χ1n) is 10.4. The smallest absolute Gasteiger partial charge is 0.259 e. The summed E-state index contributed by atoms with van der Waals surface area (Å²) in [5.41, 5.74) is 3.82. The predicted molar refractivity (Wildman–Crippen MR) is 126 cm³/mol. The molecular formula is C25H26N2O3S. The van der Waals surface area contributed by atoms with Gasteiger partial charge < -0.3 is 15.4 Å². The lowest BCUT2D eigenvalue weighted by molar-refractivity contribution is 0.102. The molecule has 0 spiro atoms. The topological polar surface area (TPSA) is 67.4 Å². The van der Waals surface area contributed by atoms with Crippen molar-refractivity contribution in [2.45, 2.75) is 33.1 Å². The van der Waals surface area contributed by atoms with E-state index in [1.165, 1.54) is 16.2 Å². The molecule has 1 unspecified atom stereocenters. The summed E-state index contributed by atoms with van der Waals surface area (Å²) < 4.78 is 5.37. The highest BCUT2D eigenvalue weighted by molar-refractivity contribution is 7.17. The molecule has 0 bridgehead atoms. The second kappa shape index (κ2) is 8.94. The molecule has 2 aromatic carbocycles. The van der Waals surface area contributed by atoms with Crippen LogP contribution in [0, 0.1) is 12.8 Å². The summed E-state index contributed by atoms with van der Waals surface area (Å²) >= 11 is 1.52. The number of nitrogens with one attached hydrogen (secondary N) is 2. The molecule has 5 nitrogen and oxygen atoms in total. The van der Waals surface area contributed by atoms with Gasteiger partial charge in [0.05, 0.1) is 18.4 Å². The van der Waals surface area contributed by atoms with E-state index in [0.717, 1.165) is 30.4 Å². The van der Waals surface area contributed by atoms with Crippen LogP contribution in [0.4, 0.5) is 10.7 Å². The maximum Gasteiger partial charge on any atom is 0.259 e. The molecule has 2 amide bonds. The molecule has 1 aliphatic rings. The summed E-state index contributed by atoms with van der Waals surface area (Å²) in [7, 11) is 1.58. The van der Waals surface area contributed by atoms with Crippen molar-refractivity contribution in [1.82, 2.24) is 0 Å². The highest BCUT2D eigenvalue weighted by atomic mass is 32.1. The van der Waals surface area contributed by atoms with Crippen LogP contribution in [0.3, 0.4) is 0 Å². The fourth-order valence-corrected chi connectivity index (χ4v) is 5.38. The summed E-state index contributed by atoms with van der Waals surface area (Å²) in [5, 5.41) is 6.60. The van der Waals surface area contributed by atoms with Gasteiger partial charge in [0.1, 0.15) is 10.8 Å². The second-order valence-corrected chi connectivity index (χ2v) is 9.14. The number of thiophene rings is 1. The zero-order valence-electron chi connectivity index (χ0n) is 18.0. The highest BCUT2D eigenvalue weighted by Crippen LogP contribution is 2.40. The Bertz CT molecular complexity index is 1140. The summed E-state index contributed by atoms with van der Waals surface area (Å²) in [6, 6.07) is 14.8. The molecule has 2 N–H and O–H groups in total. The third kappa shape index (κ3) is 4.49. The van der Waals surface area contributed by atoms with Crippen LogP contribution in [0.1, 0.15) is 50.1 Å². The van der Waals surface area contributed by atoms with E-state index in [2.05, 4.69) is 17.6 Å². The molecular weight excluding hydrogens is 408 g/mol. The van der Waals surface area contributed by atoms with Crippen molar-refractivity contribution in [1.29, 1.82) is 0 Å². The monoisotopic (exact) mass is 434 g/mol. The van der Waals surface area contributed by atoms with E-state index in [9.17, 15) is 9.59 Å². The second-order valence-electron chi connectivity index (χ2n) is 8.03. The maximum absolute atomic E-state index is 13.4. The van der Waals surface area contributed by atoms with E-state index < -0.39 is 0 Å². The fourth-order valence-electron chi connectivity index (χ4n) is 3.97. The minimum Gasteiger partial charge on any atom is -0.495 e. The number of hydrogen-bond donors (Lipinski definition) is 2. The van der Waals surface area contributed by atoms with Crippen molar-refractivity contribution in [3.63, 3.8) is 0 Å². The van der Waals surface area contributed by atoms with Gasteiger partial charge in [-0.2, -0.15) is 0 Å². The van der Waals surface area contributed by atoms with Crippen molar-refractivity contribution in [2.75, 3.05) is 17.7 Å². The predicted octanol–water partition coefficient (Wildman–Crippen LogP) is 5.69. The summed E-state index contributed by atoms with van der Waals surface area (Å²) in [6.45, 7) is 4.18. The first-order valence-corrected chi connectivity index (χ1v) is 11.2. The van der Waals surface area contributed by atoms with E-state index in [1.807, 2.05) is 43.3 Å². The number of anilines is 2. The standard InChI is InChI=1S/C25H26N2O3S/c1-15-7-6-8-17(13-15)23(28)27-25-22(18-12-11-16(2)14-21(18)31-25)24(29)26-19-9-4-5-10-20(19)30-3/h4-10,13,16H,11-12,14H2,1-3H3,(H,26,29)(H,27,28). The molecule has 1 aromatic heterocycles. The van der Waals surface area contributed by atoms with Gasteiger partial charge in [-0.15, -0.1) is 11.3 Å². The molecule has 1 heterocycles. The number of ether oxygens (including phenoxy) is 1.